The summed E-state index contributed by atoms with van der Waals surface area (Å²) in [5.41, 5.74) is 6.17. The van der Waals surface area contributed by atoms with Gasteiger partial charge in [0.25, 0.3) is 0 Å². The SMILES string of the molecule is Cc1cccc(Sc2cnc(/N=c3/[nH]c(C(O)CO)bs3)c(OC3CCCc4ncncc43)c2)c1.OCCSc1cnc(/N=c2/[nH]c(C(O)CO)bs2)c(OC2CCCc3ncncc32)c1. The first-order valence-electron chi connectivity index (χ1n) is 21.2. The Hall–Kier alpha value is -4.97. The molecule has 0 saturated heterocycles. The van der Waals surface area contributed by atoms with Crippen LogP contribution in [0.3, 0.4) is 0 Å². The van der Waals surface area contributed by atoms with Gasteiger partial charge in [-0.25, -0.2) is 0 Å². The topological polar surface area (TPSA) is 253 Å². The molecule has 2 aliphatic rings. The quantitative estimate of drug-likeness (QED) is 0.0655. The molecule has 1 aromatic carbocycles. The Labute approximate surface area is 397 Å². The second kappa shape index (κ2) is 23.2. The Morgan fingerprint density at radius 3 is 1.80 bits per heavy atom. The number of nitrogens with zero attached hydrogens (tertiary/aromatic N) is 8. The van der Waals surface area contributed by atoms with Crippen LogP contribution in [-0.2, 0) is 12.8 Å². The number of aliphatic hydroxyl groups is 5. The van der Waals surface area contributed by atoms with Gasteiger partial charge in [0.15, 0.2) is 0 Å². The number of fused-ring (bicyclic) bond motifs is 2. The molecule has 4 unspecified atom stereocenters. The molecule has 340 valence electrons. The average molecular weight is 965 g/mol. The van der Waals surface area contributed by atoms with Gasteiger partial charge in [0.2, 0.25) is 0 Å². The fraction of sp³-hybridized carbons (Fsp3) is 0.349. The number of aromatic amines is 2. The van der Waals surface area contributed by atoms with Gasteiger partial charge in [0, 0.05) is 0 Å². The third-order valence-corrected chi connectivity index (χ3v) is 13.9. The van der Waals surface area contributed by atoms with E-state index in [0.717, 1.165) is 75.7 Å². The van der Waals surface area contributed by atoms with Crippen LogP contribution >= 0.6 is 45.9 Å². The number of aliphatic hydroxyl groups excluding tert-OH is 5. The fourth-order valence-corrected chi connectivity index (χ4v) is 10.3. The van der Waals surface area contributed by atoms with E-state index in [2.05, 4.69) is 75.0 Å². The summed E-state index contributed by atoms with van der Waals surface area (Å²) in [7, 11) is 0. The normalized spacial score (nSPS) is 16.9. The zero-order valence-electron chi connectivity index (χ0n) is 35.7. The van der Waals surface area contributed by atoms with Crippen LogP contribution in [-0.4, -0.2) is 103 Å². The van der Waals surface area contributed by atoms with E-state index >= 15 is 0 Å². The van der Waals surface area contributed by atoms with Crippen LogP contribution in [0.2, 0.25) is 0 Å². The zero-order chi connectivity index (χ0) is 45.8. The maximum absolute atomic E-state index is 9.90. The van der Waals surface area contributed by atoms with Gasteiger partial charge in [-0.05, 0) is 0 Å². The van der Waals surface area contributed by atoms with Crippen molar-refractivity contribution in [1.82, 2.24) is 39.9 Å². The van der Waals surface area contributed by atoms with E-state index in [1.165, 1.54) is 39.7 Å². The monoisotopic (exact) mass is 964 g/mol. The zero-order valence-corrected chi connectivity index (χ0v) is 39.0. The molecule has 0 radical (unpaired) electrons. The first-order chi connectivity index (χ1) is 32.3. The Morgan fingerprint density at radius 2 is 1.27 bits per heavy atom. The molecule has 0 spiro atoms. The van der Waals surface area contributed by atoms with Gasteiger partial charge in [-0.1, -0.05) is 0 Å². The van der Waals surface area contributed by atoms with Crippen molar-refractivity contribution < 1.29 is 35.0 Å². The fourth-order valence-electron chi connectivity index (χ4n) is 7.18. The summed E-state index contributed by atoms with van der Waals surface area (Å²) < 4.78 is 12.9. The molecule has 2 aliphatic carbocycles. The Kier molecular flexibility index (Phi) is 16.7. The summed E-state index contributed by atoms with van der Waals surface area (Å²) in [6.07, 6.45) is 16.8. The molecule has 6 heterocycles. The van der Waals surface area contributed by atoms with E-state index in [-0.39, 0.29) is 32.0 Å². The molecule has 9 rings (SSSR count). The summed E-state index contributed by atoms with van der Waals surface area (Å²) in [6.45, 7) is 1.40. The van der Waals surface area contributed by atoms with Crippen LogP contribution < -0.4 is 19.1 Å². The van der Waals surface area contributed by atoms with Crippen molar-refractivity contribution in [2.75, 3.05) is 25.6 Å². The van der Waals surface area contributed by atoms with Crippen LogP contribution in [0.1, 0.15) is 89.4 Å². The van der Waals surface area contributed by atoms with Crippen molar-refractivity contribution in [2.45, 2.75) is 84.6 Å². The maximum atomic E-state index is 9.90. The Bertz CT molecular complexity index is 2870. The Balaban J connectivity index is 0.000000181. The van der Waals surface area contributed by atoms with Crippen LogP contribution in [0, 0.1) is 6.92 Å². The van der Waals surface area contributed by atoms with E-state index in [9.17, 15) is 15.3 Å². The van der Waals surface area contributed by atoms with Gasteiger partial charge in [0.1, 0.15) is 0 Å². The third-order valence-electron chi connectivity index (χ3n) is 10.4. The summed E-state index contributed by atoms with van der Waals surface area (Å²) in [5, 5.41) is 47.2. The number of ether oxygens (including phenoxy) is 2. The van der Waals surface area contributed by atoms with Crippen LogP contribution in [0.25, 0.3) is 0 Å². The molecule has 0 fully saturated rings. The van der Waals surface area contributed by atoms with Crippen LogP contribution in [0.15, 0.2) is 98.5 Å². The third kappa shape index (κ3) is 12.3. The molecular weight excluding hydrogens is 918 g/mol. The molecule has 7 aromatic rings. The number of H-pyrrole nitrogens is 2. The standard InChI is InChI=1S/C24H24BN5O3S2.C19H22BN5O4S2/c1-14-4-2-5-15(8-14)34-16-9-21(33-20-7-3-6-18-17(20)11-26-13-28-18)23(27-10-16)30-24-29-22(25-35-24)19(32)12-31;26-4-5-30-11-6-16(29-15-3-1-2-13-12(15)8-21-10-23-13)18(22-7-11)25-19-24-17(20-31-19)14(28)9-27/h2,4-5,8-11,13,19-20,31-32H,3,6-7,12H2,1H3,(H,27,29,30);6-8,10,14-15,26-28H,1-5,9H2,(H,22,24,25). The molecule has 7 N–H and O–H groups in total. The first kappa shape index (κ1) is 47.5. The average Bonchev–Trinajstić information content (AvgIpc) is 4.03. The predicted molar refractivity (Wildman–Crippen MR) is 253 cm³/mol. The first-order valence-corrected chi connectivity index (χ1v) is 24.7. The molecule has 0 amide bonds. The van der Waals surface area contributed by atoms with Crippen LogP contribution in [0.5, 0.6) is 11.5 Å². The molecule has 66 heavy (non-hydrogen) atoms. The van der Waals surface area contributed by atoms with Crippen molar-refractivity contribution in [3.05, 3.63) is 123 Å². The summed E-state index contributed by atoms with van der Waals surface area (Å²) in [6, 6.07) is 12.2. The van der Waals surface area contributed by atoms with Gasteiger partial charge in [-0.3, -0.25) is 0 Å². The van der Waals surface area contributed by atoms with Crippen molar-refractivity contribution in [3.8, 4) is 11.5 Å². The molecule has 23 heteroatoms. The number of nitrogens with one attached hydrogen (secondary N) is 2. The second-order valence-electron chi connectivity index (χ2n) is 15.2. The van der Waals surface area contributed by atoms with Gasteiger partial charge in [-0.15, -0.1) is 0 Å². The molecule has 17 nitrogen and oxygen atoms in total. The number of hydrogen-bond donors (Lipinski definition) is 7. The second-order valence-corrected chi connectivity index (χ2v) is 19.2. The minimum absolute atomic E-state index is 0.0699. The van der Waals surface area contributed by atoms with Crippen LogP contribution in [0.4, 0.5) is 11.6 Å². The van der Waals surface area contributed by atoms with Crippen molar-refractivity contribution >= 4 is 69.9 Å². The van der Waals surface area contributed by atoms with Gasteiger partial charge in [-0.2, -0.15) is 0 Å². The molecule has 4 atom stereocenters. The van der Waals surface area contributed by atoms with E-state index in [0.29, 0.717) is 49.7 Å². The van der Waals surface area contributed by atoms with Gasteiger partial charge >= 0.3 is 399 Å². The number of aryl methyl sites for hydroxylation is 3. The van der Waals surface area contributed by atoms with E-state index in [1.54, 1.807) is 55.3 Å². The number of thioether (sulfide) groups is 1. The van der Waals surface area contributed by atoms with E-state index in [4.69, 9.17) is 19.7 Å². The molecule has 0 aliphatic heterocycles. The predicted octanol–water partition coefficient (Wildman–Crippen LogP) is 5.17. The number of benzene rings is 1. The van der Waals surface area contributed by atoms with E-state index < -0.39 is 12.2 Å². The summed E-state index contributed by atoms with van der Waals surface area (Å²) in [4.78, 5) is 45.5. The summed E-state index contributed by atoms with van der Waals surface area (Å²) >= 11 is 5.73. The van der Waals surface area contributed by atoms with Crippen molar-refractivity contribution in [3.63, 3.8) is 0 Å². The van der Waals surface area contributed by atoms with Gasteiger partial charge < -0.3 is 0 Å². The van der Waals surface area contributed by atoms with Gasteiger partial charge in [0.05, 0.1) is 0 Å². The minimum atomic E-state index is -0.986. The molecular formula is C43H46B2N10O7S4. The number of pyridine rings is 2. The van der Waals surface area contributed by atoms with Crippen molar-refractivity contribution in [1.29, 1.82) is 0 Å². The van der Waals surface area contributed by atoms with Crippen molar-refractivity contribution in [2.24, 2.45) is 9.98 Å². The van der Waals surface area contributed by atoms with E-state index in [1.807, 2.05) is 24.4 Å². The molecule has 0 bridgehead atoms. The number of aromatic nitrogens is 8. The number of hydrogen-bond acceptors (Lipinski definition) is 19. The Morgan fingerprint density at radius 1 is 0.727 bits per heavy atom. The molecule has 6 aromatic heterocycles. The molecule has 0 saturated carbocycles. The summed E-state index contributed by atoms with van der Waals surface area (Å²) in [5.74, 6) is 2.48. The number of rotatable bonds is 15.